The molecular weight excluding hydrogens is 143 g/mol. The van der Waals surface area contributed by atoms with Gasteiger partial charge in [-0.15, -0.1) is 6.42 Å². The van der Waals surface area contributed by atoms with Crippen LogP contribution in [0.5, 0.6) is 0 Å². The molecule has 0 saturated heterocycles. The normalized spacial score (nSPS) is 9.18. The highest BCUT2D eigenvalue weighted by Crippen LogP contribution is 2.08. The minimum absolute atomic E-state index is 0.165. The minimum atomic E-state index is -0.459. The Kier molecular flexibility index (Phi) is 2.25. The van der Waals surface area contributed by atoms with Gasteiger partial charge >= 0.3 is 0 Å². The summed E-state index contributed by atoms with van der Waals surface area (Å²) < 4.78 is 12.8. The van der Waals surface area contributed by atoms with E-state index in [1.807, 2.05) is 0 Å². The summed E-state index contributed by atoms with van der Waals surface area (Å²) in [7, 11) is 0. The van der Waals surface area contributed by atoms with Crippen molar-refractivity contribution in [2.45, 2.75) is 6.61 Å². The number of rotatable bonds is 1. The lowest BCUT2D eigenvalue weighted by molar-refractivity contribution is 0.281. The molecule has 11 heavy (non-hydrogen) atoms. The molecule has 0 aliphatic carbocycles. The van der Waals surface area contributed by atoms with Crippen LogP contribution in [-0.4, -0.2) is 5.11 Å². The third-order valence-electron chi connectivity index (χ3n) is 1.37. The van der Waals surface area contributed by atoms with Gasteiger partial charge in [-0.25, -0.2) is 4.39 Å². The number of terminal acetylenes is 1. The molecule has 1 rings (SSSR count). The Morgan fingerprint density at radius 1 is 1.55 bits per heavy atom. The maximum atomic E-state index is 12.8. The number of benzene rings is 1. The number of aliphatic hydroxyl groups is 1. The Balaban J connectivity index is 3.12. The summed E-state index contributed by atoms with van der Waals surface area (Å²) in [6.45, 7) is -0.165. The Hall–Kier alpha value is -1.33. The van der Waals surface area contributed by atoms with E-state index in [1.165, 1.54) is 12.1 Å². The number of hydrogen-bond acceptors (Lipinski definition) is 1. The van der Waals surface area contributed by atoms with Crippen LogP contribution < -0.4 is 0 Å². The van der Waals surface area contributed by atoms with E-state index in [1.54, 1.807) is 6.07 Å². The van der Waals surface area contributed by atoms with Crippen molar-refractivity contribution in [1.29, 1.82) is 0 Å². The Morgan fingerprint density at radius 2 is 2.27 bits per heavy atom. The molecule has 1 N–H and O–H groups in total. The second-order valence-corrected chi connectivity index (χ2v) is 2.12. The van der Waals surface area contributed by atoms with Gasteiger partial charge in [0.15, 0.2) is 0 Å². The minimum Gasteiger partial charge on any atom is -0.392 e. The van der Waals surface area contributed by atoms with E-state index in [2.05, 4.69) is 5.92 Å². The van der Waals surface area contributed by atoms with Crippen molar-refractivity contribution in [2.75, 3.05) is 0 Å². The predicted molar refractivity (Wildman–Crippen MR) is 40.3 cm³/mol. The number of halogens is 1. The molecule has 0 spiro atoms. The zero-order chi connectivity index (χ0) is 8.27. The topological polar surface area (TPSA) is 20.2 Å². The van der Waals surface area contributed by atoms with Crippen molar-refractivity contribution >= 4 is 0 Å². The van der Waals surface area contributed by atoms with Crippen molar-refractivity contribution in [2.24, 2.45) is 0 Å². The molecule has 1 nitrogen and oxygen atoms in total. The third kappa shape index (κ3) is 1.57. The zero-order valence-electron chi connectivity index (χ0n) is 5.84. The van der Waals surface area contributed by atoms with Crippen molar-refractivity contribution in [3.05, 3.63) is 35.1 Å². The van der Waals surface area contributed by atoms with Crippen LogP contribution in [0.3, 0.4) is 0 Å². The van der Waals surface area contributed by atoms with E-state index in [-0.39, 0.29) is 12.2 Å². The lowest BCUT2D eigenvalue weighted by atomic mass is 10.1. The fourth-order valence-electron chi connectivity index (χ4n) is 0.774. The second-order valence-electron chi connectivity index (χ2n) is 2.12. The monoisotopic (exact) mass is 150 g/mol. The van der Waals surface area contributed by atoms with E-state index in [9.17, 15) is 4.39 Å². The highest BCUT2D eigenvalue weighted by atomic mass is 19.1. The summed E-state index contributed by atoms with van der Waals surface area (Å²) in [6, 6.07) is 4.30. The van der Waals surface area contributed by atoms with Gasteiger partial charge in [0.25, 0.3) is 0 Å². The highest BCUT2D eigenvalue weighted by Gasteiger charge is 1.98. The van der Waals surface area contributed by atoms with E-state index in [4.69, 9.17) is 11.5 Å². The van der Waals surface area contributed by atoms with E-state index >= 15 is 0 Å². The summed E-state index contributed by atoms with van der Waals surface area (Å²) in [4.78, 5) is 0. The van der Waals surface area contributed by atoms with Crippen LogP contribution in [0.1, 0.15) is 11.1 Å². The molecule has 0 amide bonds. The van der Waals surface area contributed by atoms with Gasteiger partial charge in [0.1, 0.15) is 5.82 Å². The van der Waals surface area contributed by atoms with Crippen molar-refractivity contribution in [1.82, 2.24) is 0 Å². The van der Waals surface area contributed by atoms with Crippen LogP contribution in [0.15, 0.2) is 18.2 Å². The Morgan fingerprint density at radius 3 is 2.73 bits per heavy atom. The molecule has 0 heterocycles. The molecule has 56 valence electrons. The molecule has 0 fully saturated rings. The molecule has 0 aliphatic heterocycles. The van der Waals surface area contributed by atoms with Gasteiger partial charge in [-0.1, -0.05) is 12.0 Å². The molecule has 0 radical (unpaired) electrons. The van der Waals surface area contributed by atoms with Gasteiger partial charge in [0.2, 0.25) is 0 Å². The SMILES string of the molecule is C#Cc1ccc(CO)cc1F. The number of hydrogen-bond donors (Lipinski definition) is 1. The highest BCUT2D eigenvalue weighted by molar-refractivity contribution is 5.35. The van der Waals surface area contributed by atoms with Crippen LogP contribution in [-0.2, 0) is 6.61 Å². The summed E-state index contributed by atoms with van der Waals surface area (Å²) >= 11 is 0. The molecule has 0 aromatic heterocycles. The molecule has 1 aromatic carbocycles. The largest absolute Gasteiger partial charge is 0.392 e. The molecule has 0 bridgehead atoms. The van der Waals surface area contributed by atoms with Crippen LogP contribution in [0.25, 0.3) is 0 Å². The Labute approximate surface area is 64.5 Å². The number of aliphatic hydroxyl groups excluding tert-OH is 1. The van der Waals surface area contributed by atoms with Crippen molar-refractivity contribution < 1.29 is 9.50 Å². The molecule has 0 aliphatic rings. The maximum Gasteiger partial charge on any atom is 0.139 e. The lowest BCUT2D eigenvalue weighted by Gasteiger charge is -1.97. The molecule has 0 atom stereocenters. The van der Waals surface area contributed by atoms with Crippen molar-refractivity contribution in [3.8, 4) is 12.3 Å². The lowest BCUT2D eigenvalue weighted by Crippen LogP contribution is -1.88. The first kappa shape index (κ1) is 7.77. The van der Waals surface area contributed by atoms with Crippen LogP contribution in [0.4, 0.5) is 4.39 Å². The van der Waals surface area contributed by atoms with E-state index < -0.39 is 5.82 Å². The van der Waals surface area contributed by atoms with Gasteiger partial charge in [-0.05, 0) is 17.7 Å². The summed E-state index contributed by atoms with van der Waals surface area (Å²) in [6.07, 6.45) is 4.99. The van der Waals surface area contributed by atoms with E-state index in [0.717, 1.165) is 0 Å². The summed E-state index contributed by atoms with van der Waals surface area (Å²) in [5.41, 5.74) is 0.753. The average Bonchev–Trinajstić information content (AvgIpc) is 2.04. The third-order valence-corrected chi connectivity index (χ3v) is 1.37. The summed E-state index contributed by atoms with van der Waals surface area (Å²) in [5.74, 6) is 1.73. The molecule has 1 aromatic rings. The zero-order valence-corrected chi connectivity index (χ0v) is 5.84. The first-order chi connectivity index (χ1) is 5.27. The first-order valence-electron chi connectivity index (χ1n) is 3.14. The van der Waals surface area contributed by atoms with Gasteiger partial charge < -0.3 is 5.11 Å². The fourth-order valence-corrected chi connectivity index (χ4v) is 0.774. The van der Waals surface area contributed by atoms with Gasteiger partial charge in [-0.3, -0.25) is 0 Å². The van der Waals surface area contributed by atoms with Gasteiger partial charge in [-0.2, -0.15) is 0 Å². The van der Waals surface area contributed by atoms with Gasteiger partial charge in [0, 0.05) is 0 Å². The van der Waals surface area contributed by atoms with Crippen LogP contribution >= 0.6 is 0 Å². The van der Waals surface area contributed by atoms with Crippen molar-refractivity contribution in [3.63, 3.8) is 0 Å². The maximum absolute atomic E-state index is 12.8. The standard InChI is InChI=1S/C9H7FO/c1-2-8-4-3-7(6-11)5-9(8)10/h1,3-5,11H,6H2. The van der Waals surface area contributed by atoms with Gasteiger partial charge in [0.05, 0.1) is 12.2 Å². The van der Waals surface area contributed by atoms with Crippen LogP contribution in [0, 0.1) is 18.2 Å². The van der Waals surface area contributed by atoms with Crippen LogP contribution in [0.2, 0.25) is 0 Å². The summed E-state index contributed by atoms with van der Waals surface area (Å²) in [5, 5.41) is 8.61. The smallest absolute Gasteiger partial charge is 0.139 e. The molecular formula is C9H7FO. The Bertz CT molecular complexity index is 299. The average molecular weight is 150 g/mol. The first-order valence-corrected chi connectivity index (χ1v) is 3.14. The molecule has 2 heteroatoms. The predicted octanol–water partition coefficient (Wildman–Crippen LogP) is 1.30. The molecule has 0 saturated carbocycles. The fraction of sp³-hybridized carbons (Fsp3) is 0.111. The quantitative estimate of drug-likeness (QED) is 0.598. The van der Waals surface area contributed by atoms with E-state index in [0.29, 0.717) is 5.56 Å². The molecule has 0 unspecified atom stereocenters. The second kappa shape index (κ2) is 3.18.